The largest absolute Gasteiger partial charge is 0.399 e. The van der Waals surface area contributed by atoms with Crippen LogP contribution in [-0.2, 0) is 0 Å². The number of carbonyl (C=O) groups excluding carboxylic acids is 1. The summed E-state index contributed by atoms with van der Waals surface area (Å²) in [6.45, 7) is 1.86. The smallest absolute Gasteiger partial charge is 0.162 e. The van der Waals surface area contributed by atoms with Gasteiger partial charge in [0.25, 0.3) is 0 Å². The molecule has 20 heavy (non-hydrogen) atoms. The lowest BCUT2D eigenvalue weighted by Crippen LogP contribution is -1.95. The summed E-state index contributed by atoms with van der Waals surface area (Å²) in [6.07, 6.45) is 0.504. The number of rotatable bonds is 3. The van der Waals surface area contributed by atoms with Gasteiger partial charge in [-0.25, -0.2) is 4.98 Å². The summed E-state index contributed by atoms with van der Waals surface area (Å²) < 4.78 is 0. The van der Waals surface area contributed by atoms with E-state index in [1.54, 1.807) is 0 Å². The Morgan fingerprint density at radius 1 is 1.20 bits per heavy atom. The third-order valence-corrected chi connectivity index (χ3v) is 3.31. The number of benzene rings is 2. The van der Waals surface area contributed by atoms with Gasteiger partial charge in [0.1, 0.15) is 5.82 Å². The molecule has 0 fully saturated rings. The minimum Gasteiger partial charge on any atom is -0.399 e. The summed E-state index contributed by atoms with van der Waals surface area (Å²) >= 11 is 0. The van der Waals surface area contributed by atoms with Crippen molar-refractivity contribution in [2.75, 3.05) is 5.73 Å². The van der Waals surface area contributed by atoms with Gasteiger partial charge in [0.15, 0.2) is 5.78 Å². The van der Waals surface area contributed by atoms with Crippen molar-refractivity contribution in [2.45, 2.75) is 13.3 Å². The van der Waals surface area contributed by atoms with Gasteiger partial charge in [-0.3, -0.25) is 4.79 Å². The quantitative estimate of drug-likeness (QED) is 0.563. The number of nitrogens with one attached hydrogen (secondary N) is 1. The summed E-state index contributed by atoms with van der Waals surface area (Å²) in [4.78, 5) is 19.5. The van der Waals surface area contributed by atoms with Crippen LogP contribution in [0.25, 0.3) is 22.4 Å². The molecule has 0 aliphatic rings. The van der Waals surface area contributed by atoms with E-state index in [1.165, 1.54) is 0 Å². The molecule has 0 saturated heterocycles. The van der Waals surface area contributed by atoms with Crippen LogP contribution in [0.3, 0.4) is 0 Å². The number of H-pyrrole nitrogens is 1. The normalized spacial score (nSPS) is 10.8. The van der Waals surface area contributed by atoms with E-state index < -0.39 is 0 Å². The fourth-order valence-corrected chi connectivity index (χ4v) is 2.16. The monoisotopic (exact) mass is 265 g/mol. The highest BCUT2D eigenvalue weighted by molar-refractivity contribution is 5.99. The predicted molar refractivity (Wildman–Crippen MR) is 80.6 cm³/mol. The zero-order valence-electron chi connectivity index (χ0n) is 11.2. The maximum absolute atomic E-state index is 11.7. The molecule has 3 aromatic rings. The number of hydrogen-bond donors (Lipinski definition) is 2. The van der Waals surface area contributed by atoms with Crippen molar-refractivity contribution in [1.82, 2.24) is 9.97 Å². The summed E-state index contributed by atoms with van der Waals surface area (Å²) in [6, 6.07) is 13.1. The van der Waals surface area contributed by atoms with Crippen LogP contribution in [0.15, 0.2) is 42.5 Å². The molecule has 100 valence electrons. The molecule has 1 heterocycles. The summed E-state index contributed by atoms with van der Waals surface area (Å²) in [5.74, 6) is 0.914. The molecule has 4 nitrogen and oxygen atoms in total. The second-order valence-corrected chi connectivity index (χ2v) is 4.72. The lowest BCUT2D eigenvalue weighted by Gasteiger charge is -1.97. The molecule has 0 atom stereocenters. The molecule has 0 radical (unpaired) electrons. The number of imidazole rings is 1. The van der Waals surface area contributed by atoms with Crippen LogP contribution < -0.4 is 5.73 Å². The number of Topliss-reactive ketones (excluding diaryl/α,β-unsaturated/α-hetero) is 1. The topological polar surface area (TPSA) is 71.8 Å². The summed E-state index contributed by atoms with van der Waals surface area (Å²) in [5, 5.41) is 0. The van der Waals surface area contributed by atoms with Gasteiger partial charge in [0, 0.05) is 23.2 Å². The van der Waals surface area contributed by atoms with Gasteiger partial charge in [0.2, 0.25) is 0 Å². The number of aromatic nitrogens is 2. The first-order valence-electron chi connectivity index (χ1n) is 6.56. The van der Waals surface area contributed by atoms with Crippen LogP contribution in [0, 0.1) is 0 Å². The van der Waals surface area contributed by atoms with E-state index in [-0.39, 0.29) is 5.78 Å². The molecule has 0 unspecified atom stereocenters. The number of carbonyl (C=O) groups is 1. The molecule has 3 N–H and O–H groups in total. The molecular formula is C16H15N3O. The van der Waals surface area contributed by atoms with Crippen LogP contribution >= 0.6 is 0 Å². The SMILES string of the molecule is CCC(=O)c1ccc2nc(-c3ccc(N)cc3)[nH]c2c1. The zero-order valence-corrected chi connectivity index (χ0v) is 11.2. The molecule has 4 heteroatoms. The highest BCUT2D eigenvalue weighted by Crippen LogP contribution is 2.22. The van der Waals surface area contributed by atoms with Crippen molar-refractivity contribution >= 4 is 22.5 Å². The number of nitrogens with two attached hydrogens (primary N) is 1. The second-order valence-electron chi connectivity index (χ2n) is 4.72. The van der Waals surface area contributed by atoms with E-state index in [4.69, 9.17) is 5.73 Å². The molecule has 0 aliphatic carbocycles. The molecule has 0 spiro atoms. The Morgan fingerprint density at radius 3 is 2.65 bits per heavy atom. The van der Waals surface area contributed by atoms with Crippen molar-refractivity contribution in [3.63, 3.8) is 0 Å². The number of fused-ring (bicyclic) bond motifs is 1. The van der Waals surface area contributed by atoms with Crippen molar-refractivity contribution in [1.29, 1.82) is 0 Å². The number of hydrogen-bond acceptors (Lipinski definition) is 3. The van der Waals surface area contributed by atoms with E-state index in [1.807, 2.05) is 49.4 Å². The van der Waals surface area contributed by atoms with Gasteiger partial charge < -0.3 is 10.7 Å². The van der Waals surface area contributed by atoms with Gasteiger partial charge in [-0.05, 0) is 42.5 Å². The third-order valence-electron chi connectivity index (χ3n) is 3.31. The van der Waals surface area contributed by atoms with Crippen molar-refractivity contribution in [2.24, 2.45) is 0 Å². The van der Waals surface area contributed by atoms with Crippen molar-refractivity contribution in [3.05, 3.63) is 48.0 Å². The molecule has 0 amide bonds. The Morgan fingerprint density at radius 2 is 1.95 bits per heavy atom. The van der Waals surface area contributed by atoms with E-state index in [0.717, 1.165) is 28.1 Å². The van der Waals surface area contributed by atoms with Crippen LogP contribution in [0.2, 0.25) is 0 Å². The number of nitrogen functional groups attached to an aromatic ring is 1. The lowest BCUT2D eigenvalue weighted by molar-refractivity contribution is 0.0988. The zero-order chi connectivity index (χ0) is 14.1. The Balaban J connectivity index is 2.06. The highest BCUT2D eigenvalue weighted by Gasteiger charge is 2.08. The number of anilines is 1. The van der Waals surface area contributed by atoms with Gasteiger partial charge in [-0.1, -0.05) is 6.92 Å². The Bertz CT molecular complexity index is 772. The summed E-state index contributed by atoms with van der Waals surface area (Å²) in [7, 11) is 0. The minimum absolute atomic E-state index is 0.135. The molecule has 1 aromatic heterocycles. The van der Waals surface area contributed by atoms with Gasteiger partial charge in [-0.2, -0.15) is 0 Å². The Hall–Kier alpha value is -2.62. The van der Waals surface area contributed by atoms with Crippen LogP contribution in [0.1, 0.15) is 23.7 Å². The maximum Gasteiger partial charge on any atom is 0.162 e. The summed E-state index contributed by atoms with van der Waals surface area (Å²) in [5.41, 5.74) is 9.81. The molecular weight excluding hydrogens is 250 g/mol. The number of aromatic amines is 1. The minimum atomic E-state index is 0.135. The van der Waals surface area contributed by atoms with E-state index in [0.29, 0.717) is 12.0 Å². The average molecular weight is 265 g/mol. The van der Waals surface area contributed by atoms with Crippen molar-refractivity contribution < 1.29 is 4.79 Å². The number of nitrogens with zero attached hydrogens (tertiary/aromatic N) is 1. The Labute approximate surface area is 116 Å². The molecule has 0 aliphatic heterocycles. The highest BCUT2D eigenvalue weighted by atomic mass is 16.1. The molecule has 2 aromatic carbocycles. The standard InChI is InChI=1S/C16H15N3O/c1-2-15(20)11-5-8-13-14(9-11)19-16(18-13)10-3-6-12(17)7-4-10/h3-9H,2,17H2,1H3,(H,18,19). The second kappa shape index (κ2) is 4.81. The maximum atomic E-state index is 11.7. The Kier molecular flexibility index (Phi) is 2.99. The van der Waals surface area contributed by atoms with Gasteiger partial charge >= 0.3 is 0 Å². The van der Waals surface area contributed by atoms with E-state index in [9.17, 15) is 4.79 Å². The lowest BCUT2D eigenvalue weighted by atomic mass is 10.1. The van der Waals surface area contributed by atoms with Crippen LogP contribution in [-0.4, -0.2) is 15.8 Å². The first-order valence-corrected chi connectivity index (χ1v) is 6.56. The molecule has 3 rings (SSSR count). The average Bonchev–Trinajstić information content (AvgIpc) is 2.90. The van der Waals surface area contributed by atoms with Crippen LogP contribution in [0.4, 0.5) is 5.69 Å². The predicted octanol–water partition coefficient (Wildman–Crippen LogP) is 3.40. The first kappa shape index (κ1) is 12.4. The fraction of sp³-hybridized carbons (Fsp3) is 0.125. The van der Waals surface area contributed by atoms with Gasteiger partial charge in [0.05, 0.1) is 11.0 Å². The molecule has 0 saturated carbocycles. The molecule has 0 bridgehead atoms. The van der Waals surface area contributed by atoms with Gasteiger partial charge in [-0.15, -0.1) is 0 Å². The van der Waals surface area contributed by atoms with E-state index in [2.05, 4.69) is 9.97 Å². The van der Waals surface area contributed by atoms with Crippen LogP contribution in [0.5, 0.6) is 0 Å². The van der Waals surface area contributed by atoms with Crippen molar-refractivity contribution in [3.8, 4) is 11.4 Å². The first-order chi connectivity index (χ1) is 9.67. The fourth-order valence-electron chi connectivity index (χ4n) is 2.16. The number of ketones is 1. The third kappa shape index (κ3) is 2.16. The van der Waals surface area contributed by atoms with E-state index >= 15 is 0 Å².